The standard InChI is InChI=1S/C10H5F5O2/c11-6-2-1-5(3-7(6)12)8(16)4-9(17)10(13,14)15/h1-3H,4H2. The first-order valence-electron chi connectivity index (χ1n) is 4.30. The van der Waals surface area contributed by atoms with Crippen molar-refractivity contribution in [1.29, 1.82) is 0 Å². The fraction of sp³-hybridized carbons (Fsp3) is 0.200. The highest BCUT2D eigenvalue weighted by Crippen LogP contribution is 2.19. The molecule has 0 aliphatic rings. The van der Waals surface area contributed by atoms with E-state index in [1.54, 1.807) is 0 Å². The predicted octanol–water partition coefficient (Wildman–Crippen LogP) is 2.67. The van der Waals surface area contributed by atoms with Crippen LogP contribution in [0.25, 0.3) is 0 Å². The van der Waals surface area contributed by atoms with E-state index < -0.39 is 41.4 Å². The van der Waals surface area contributed by atoms with Gasteiger partial charge in [-0.1, -0.05) is 0 Å². The van der Waals surface area contributed by atoms with Gasteiger partial charge in [0.15, 0.2) is 17.4 Å². The molecule has 0 aromatic heterocycles. The van der Waals surface area contributed by atoms with Crippen LogP contribution in [0.3, 0.4) is 0 Å². The highest BCUT2D eigenvalue weighted by molar-refractivity contribution is 6.09. The van der Waals surface area contributed by atoms with Gasteiger partial charge in [-0.25, -0.2) is 8.78 Å². The Balaban J connectivity index is 2.84. The van der Waals surface area contributed by atoms with Crippen LogP contribution in [0.15, 0.2) is 18.2 Å². The monoisotopic (exact) mass is 252 g/mol. The number of halogens is 5. The maximum Gasteiger partial charge on any atom is 0.450 e. The minimum absolute atomic E-state index is 0.446. The third-order valence-corrected chi connectivity index (χ3v) is 1.88. The zero-order chi connectivity index (χ0) is 13.2. The fourth-order valence-corrected chi connectivity index (χ4v) is 1.02. The Morgan fingerprint density at radius 1 is 1.06 bits per heavy atom. The van der Waals surface area contributed by atoms with Crippen LogP contribution in [0.2, 0.25) is 0 Å². The summed E-state index contributed by atoms with van der Waals surface area (Å²) >= 11 is 0. The number of ketones is 2. The maximum absolute atomic E-state index is 12.7. The lowest BCUT2D eigenvalue weighted by molar-refractivity contribution is -0.170. The second-order valence-corrected chi connectivity index (χ2v) is 3.15. The molecule has 0 saturated carbocycles. The summed E-state index contributed by atoms with van der Waals surface area (Å²) in [5.74, 6) is -6.04. The first kappa shape index (κ1) is 13.3. The number of hydrogen-bond donors (Lipinski definition) is 0. The molecule has 0 bridgehead atoms. The van der Waals surface area contributed by atoms with E-state index in [0.717, 1.165) is 6.07 Å². The van der Waals surface area contributed by atoms with Gasteiger partial charge in [0.2, 0.25) is 5.78 Å². The van der Waals surface area contributed by atoms with Crippen LogP contribution in [-0.2, 0) is 4.79 Å². The molecule has 7 heteroatoms. The van der Waals surface area contributed by atoms with E-state index in [4.69, 9.17) is 0 Å². The molecule has 0 amide bonds. The van der Waals surface area contributed by atoms with Gasteiger partial charge in [0.1, 0.15) is 0 Å². The molecule has 0 saturated heterocycles. The molecule has 92 valence electrons. The lowest BCUT2D eigenvalue weighted by atomic mass is 10.1. The third kappa shape index (κ3) is 3.33. The molecule has 17 heavy (non-hydrogen) atoms. The molecule has 0 atom stereocenters. The number of alkyl halides is 3. The molecule has 1 aromatic carbocycles. The van der Waals surface area contributed by atoms with E-state index in [2.05, 4.69) is 0 Å². The summed E-state index contributed by atoms with van der Waals surface area (Å²) in [6.07, 6.45) is -6.54. The Morgan fingerprint density at radius 2 is 1.65 bits per heavy atom. The topological polar surface area (TPSA) is 34.1 Å². The molecule has 0 unspecified atom stereocenters. The van der Waals surface area contributed by atoms with Crippen LogP contribution in [-0.4, -0.2) is 17.7 Å². The minimum Gasteiger partial charge on any atom is -0.294 e. The quantitative estimate of drug-likeness (QED) is 0.471. The normalized spacial score (nSPS) is 11.4. The van der Waals surface area contributed by atoms with Gasteiger partial charge >= 0.3 is 6.18 Å². The largest absolute Gasteiger partial charge is 0.450 e. The van der Waals surface area contributed by atoms with Crippen LogP contribution in [0.4, 0.5) is 22.0 Å². The summed E-state index contributed by atoms with van der Waals surface area (Å²) < 4.78 is 60.7. The summed E-state index contributed by atoms with van der Waals surface area (Å²) in [5, 5.41) is 0. The molecule has 1 aromatic rings. The average Bonchev–Trinajstić information content (AvgIpc) is 2.20. The zero-order valence-corrected chi connectivity index (χ0v) is 8.15. The fourth-order valence-electron chi connectivity index (χ4n) is 1.02. The molecule has 0 aliphatic heterocycles. The Kier molecular flexibility index (Phi) is 3.59. The Hall–Kier alpha value is -1.79. The van der Waals surface area contributed by atoms with Crippen molar-refractivity contribution in [2.24, 2.45) is 0 Å². The van der Waals surface area contributed by atoms with Crippen molar-refractivity contribution in [3.05, 3.63) is 35.4 Å². The second-order valence-electron chi connectivity index (χ2n) is 3.15. The van der Waals surface area contributed by atoms with Crippen molar-refractivity contribution in [2.45, 2.75) is 12.6 Å². The van der Waals surface area contributed by atoms with E-state index >= 15 is 0 Å². The number of rotatable bonds is 3. The minimum atomic E-state index is -5.12. The van der Waals surface area contributed by atoms with Crippen molar-refractivity contribution in [3.63, 3.8) is 0 Å². The first-order chi connectivity index (χ1) is 7.71. The predicted molar refractivity (Wildman–Crippen MR) is 46.4 cm³/mol. The molecule has 0 radical (unpaired) electrons. The van der Waals surface area contributed by atoms with Crippen molar-refractivity contribution in [3.8, 4) is 0 Å². The van der Waals surface area contributed by atoms with E-state index in [9.17, 15) is 31.5 Å². The molecule has 1 rings (SSSR count). The van der Waals surface area contributed by atoms with Gasteiger partial charge in [-0.3, -0.25) is 9.59 Å². The highest BCUT2D eigenvalue weighted by Gasteiger charge is 2.39. The van der Waals surface area contributed by atoms with E-state index in [1.165, 1.54) is 0 Å². The van der Waals surface area contributed by atoms with Crippen LogP contribution in [0, 0.1) is 11.6 Å². The van der Waals surface area contributed by atoms with Gasteiger partial charge in [0.05, 0.1) is 6.42 Å². The molecular formula is C10H5F5O2. The molecule has 2 nitrogen and oxygen atoms in total. The van der Waals surface area contributed by atoms with Crippen LogP contribution in [0.1, 0.15) is 16.8 Å². The summed E-state index contributed by atoms with van der Waals surface area (Å²) in [6.45, 7) is 0. The average molecular weight is 252 g/mol. The SMILES string of the molecule is O=C(CC(=O)C(F)(F)F)c1ccc(F)c(F)c1. The Bertz CT molecular complexity index is 464. The number of carbonyl (C=O) groups excluding carboxylic acids is 2. The summed E-state index contributed by atoms with van der Waals surface area (Å²) in [7, 11) is 0. The molecule has 0 heterocycles. The first-order valence-corrected chi connectivity index (χ1v) is 4.30. The highest BCUT2D eigenvalue weighted by atomic mass is 19.4. The lowest BCUT2D eigenvalue weighted by Crippen LogP contribution is -2.25. The van der Waals surface area contributed by atoms with Gasteiger partial charge in [-0.15, -0.1) is 0 Å². The van der Waals surface area contributed by atoms with Gasteiger partial charge in [0.25, 0.3) is 0 Å². The molecule has 0 aliphatic carbocycles. The van der Waals surface area contributed by atoms with Gasteiger partial charge < -0.3 is 0 Å². The summed E-state index contributed by atoms with van der Waals surface area (Å²) in [5.41, 5.74) is -0.485. The van der Waals surface area contributed by atoms with E-state index in [0.29, 0.717) is 12.1 Å². The van der Waals surface area contributed by atoms with Crippen molar-refractivity contribution >= 4 is 11.6 Å². The van der Waals surface area contributed by atoms with Crippen LogP contribution < -0.4 is 0 Å². The Labute approximate surface area is 92.0 Å². The van der Waals surface area contributed by atoms with E-state index in [1.807, 2.05) is 0 Å². The lowest BCUT2D eigenvalue weighted by Gasteiger charge is -2.04. The zero-order valence-electron chi connectivity index (χ0n) is 8.15. The smallest absolute Gasteiger partial charge is 0.294 e. The van der Waals surface area contributed by atoms with Crippen molar-refractivity contribution < 1.29 is 31.5 Å². The number of benzene rings is 1. The summed E-state index contributed by atoms with van der Waals surface area (Å²) in [4.78, 5) is 21.6. The number of Topliss-reactive ketones (excluding diaryl/α,β-unsaturated/α-hetero) is 2. The van der Waals surface area contributed by atoms with Crippen molar-refractivity contribution in [1.82, 2.24) is 0 Å². The molecule has 0 fully saturated rings. The second kappa shape index (κ2) is 4.60. The molecule has 0 N–H and O–H groups in total. The molecular weight excluding hydrogens is 247 g/mol. The summed E-state index contributed by atoms with van der Waals surface area (Å²) in [6, 6.07) is 1.85. The number of hydrogen-bond acceptors (Lipinski definition) is 2. The molecule has 0 spiro atoms. The van der Waals surface area contributed by atoms with Crippen LogP contribution in [0.5, 0.6) is 0 Å². The maximum atomic E-state index is 12.7. The van der Waals surface area contributed by atoms with E-state index in [-0.39, 0.29) is 0 Å². The third-order valence-electron chi connectivity index (χ3n) is 1.88. The van der Waals surface area contributed by atoms with Gasteiger partial charge in [0, 0.05) is 5.56 Å². The Morgan fingerprint density at radius 3 is 2.12 bits per heavy atom. The van der Waals surface area contributed by atoms with Crippen LogP contribution >= 0.6 is 0 Å². The van der Waals surface area contributed by atoms with Gasteiger partial charge in [-0.2, -0.15) is 13.2 Å². The van der Waals surface area contributed by atoms with Gasteiger partial charge in [-0.05, 0) is 18.2 Å². The van der Waals surface area contributed by atoms with Crippen molar-refractivity contribution in [2.75, 3.05) is 0 Å². The number of carbonyl (C=O) groups is 2.